The summed E-state index contributed by atoms with van der Waals surface area (Å²) in [5.41, 5.74) is 0.418. The molecule has 1 amide bonds. The first-order valence-electron chi connectivity index (χ1n) is 8.66. The molecule has 136 valence electrons. The van der Waals surface area contributed by atoms with Crippen LogP contribution in [-0.2, 0) is 14.3 Å². The molecule has 0 spiro atoms. The first-order valence-corrected chi connectivity index (χ1v) is 10.2. The number of likely N-dealkylation sites (tertiary alicyclic amines) is 1. The molecule has 1 heterocycles. The van der Waals surface area contributed by atoms with E-state index >= 15 is 0 Å². The number of amides is 1. The summed E-state index contributed by atoms with van der Waals surface area (Å²) in [6, 6.07) is 9.31. The van der Waals surface area contributed by atoms with Crippen molar-refractivity contribution < 1.29 is 14.3 Å². The number of carbonyl (C=O) groups excluding carboxylic acids is 2. The lowest BCUT2D eigenvalue weighted by molar-refractivity contribution is -0.163. The predicted molar refractivity (Wildman–Crippen MR) is 108 cm³/mol. The summed E-state index contributed by atoms with van der Waals surface area (Å²) in [6.07, 6.45) is 5.77. The molecule has 0 saturated carbocycles. The maximum atomic E-state index is 12.8. The van der Waals surface area contributed by atoms with Crippen molar-refractivity contribution in [2.45, 2.75) is 57.7 Å². The Hall–Kier alpha value is -1.37. The minimum Gasteiger partial charge on any atom is -0.458 e. The van der Waals surface area contributed by atoms with E-state index < -0.39 is 11.6 Å². The summed E-state index contributed by atoms with van der Waals surface area (Å²) in [4.78, 5) is 27.1. The number of rotatable bonds is 5. The third kappa shape index (κ3) is 5.83. The number of esters is 1. The van der Waals surface area contributed by atoms with E-state index in [0.29, 0.717) is 6.42 Å². The van der Waals surface area contributed by atoms with Gasteiger partial charge in [0.25, 0.3) is 0 Å². The molecular weight excluding hydrogens is 429 g/mol. The van der Waals surface area contributed by atoms with Gasteiger partial charge in [-0.05, 0) is 51.7 Å². The molecule has 1 aliphatic heterocycles. The van der Waals surface area contributed by atoms with Crippen molar-refractivity contribution in [3.05, 3.63) is 42.0 Å². The van der Waals surface area contributed by atoms with E-state index in [1.54, 1.807) is 17.1 Å². The maximum Gasteiger partial charge on any atom is 0.329 e. The van der Waals surface area contributed by atoms with Gasteiger partial charge in [0.05, 0.1) is 0 Å². The van der Waals surface area contributed by atoms with Crippen LogP contribution < -0.4 is 0 Å². The van der Waals surface area contributed by atoms with Gasteiger partial charge in [-0.1, -0.05) is 52.9 Å². The third-order valence-electron chi connectivity index (χ3n) is 4.10. The van der Waals surface area contributed by atoms with E-state index in [4.69, 9.17) is 4.74 Å². The van der Waals surface area contributed by atoms with Crippen molar-refractivity contribution in [1.82, 2.24) is 4.90 Å². The molecule has 0 aromatic heterocycles. The van der Waals surface area contributed by atoms with Gasteiger partial charge < -0.3 is 9.64 Å². The molecule has 2 atom stereocenters. The van der Waals surface area contributed by atoms with E-state index in [-0.39, 0.29) is 17.9 Å². The lowest BCUT2D eigenvalue weighted by Gasteiger charge is -2.30. The molecule has 25 heavy (non-hydrogen) atoms. The number of hydrogen-bond acceptors (Lipinski definition) is 3. The monoisotopic (exact) mass is 455 g/mol. The lowest BCUT2D eigenvalue weighted by atomic mass is 10.1. The van der Waals surface area contributed by atoms with Gasteiger partial charge >= 0.3 is 5.97 Å². The van der Waals surface area contributed by atoms with Crippen LogP contribution in [-0.4, -0.2) is 38.9 Å². The number of halogens is 1. The van der Waals surface area contributed by atoms with Crippen molar-refractivity contribution in [1.29, 1.82) is 0 Å². The average molecular weight is 455 g/mol. The van der Waals surface area contributed by atoms with Crippen molar-refractivity contribution >= 4 is 40.5 Å². The number of hydrogen-bond donors (Lipinski definition) is 0. The highest BCUT2D eigenvalue weighted by atomic mass is 127. The van der Waals surface area contributed by atoms with Crippen LogP contribution in [0.25, 0.3) is 6.08 Å². The molecule has 4 nitrogen and oxygen atoms in total. The second-order valence-corrected chi connectivity index (χ2v) is 8.33. The van der Waals surface area contributed by atoms with E-state index in [1.807, 2.05) is 51.1 Å². The Kier molecular flexibility index (Phi) is 7.04. The topological polar surface area (TPSA) is 46.6 Å². The second-order valence-electron chi connectivity index (χ2n) is 7.25. The molecule has 0 aliphatic carbocycles. The van der Waals surface area contributed by atoms with E-state index in [0.717, 1.165) is 22.8 Å². The first-order chi connectivity index (χ1) is 11.8. The van der Waals surface area contributed by atoms with Crippen LogP contribution in [0.2, 0.25) is 0 Å². The Morgan fingerprint density at radius 3 is 2.52 bits per heavy atom. The summed E-state index contributed by atoms with van der Waals surface area (Å²) in [7, 11) is 0. The number of benzene rings is 1. The zero-order valence-electron chi connectivity index (χ0n) is 15.1. The van der Waals surface area contributed by atoms with Crippen LogP contribution in [0.5, 0.6) is 0 Å². The molecule has 1 aromatic carbocycles. The van der Waals surface area contributed by atoms with Gasteiger partial charge in [-0.2, -0.15) is 0 Å². The fourth-order valence-electron chi connectivity index (χ4n) is 3.04. The molecule has 1 saturated heterocycles. The fraction of sp³-hybridized carbons (Fsp3) is 0.500. The van der Waals surface area contributed by atoms with Gasteiger partial charge in [0.15, 0.2) is 0 Å². The Bertz CT molecular complexity index is 622. The molecule has 1 fully saturated rings. The van der Waals surface area contributed by atoms with Gasteiger partial charge in [-0.15, -0.1) is 0 Å². The standard InChI is InChI=1S/C20H26INO3/c1-20(2,3)25-19(24)17-11-10-16(13-14-21)22(17)18(23)12-9-15-7-5-4-6-8-15/h4-9,12,16-17H,10-11,13-14H2,1-3H3/t16-,17+/m1/s1. The van der Waals surface area contributed by atoms with Crippen LogP contribution >= 0.6 is 22.6 Å². The van der Waals surface area contributed by atoms with E-state index in [1.165, 1.54) is 0 Å². The van der Waals surface area contributed by atoms with Crippen LogP contribution in [0.15, 0.2) is 36.4 Å². The van der Waals surface area contributed by atoms with Crippen molar-refractivity contribution in [2.75, 3.05) is 4.43 Å². The molecule has 0 unspecified atom stereocenters. The third-order valence-corrected chi connectivity index (χ3v) is 4.72. The molecule has 1 aliphatic rings. The zero-order valence-corrected chi connectivity index (χ0v) is 17.2. The molecular formula is C20H26INO3. The van der Waals surface area contributed by atoms with E-state index in [9.17, 15) is 9.59 Å². The van der Waals surface area contributed by atoms with Crippen LogP contribution in [0.3, 0.4) is 0 Å². The Morgan fingerprint density at radius 1 is 1.24 bits per heavy atom. The molecule has 2 rings (SSSR count). The summed E-state index contributed by atoms with van der Waals surface area (Å²) in [5.74, 6) is -0.419. The summed E-state index contributed by atoms with van der Waals surface area (Å²) < 4.78 is 6.49. The van der Waals surface area contributed by atoms with Crippen molar-refractivity contribution in [2.24, 2.45) is 0 Å². The smallest absolute Gasteiger partial charge is 0.329 e. The summed E-state index contributed by atoms with van der Waals surface area (Å²) >= 11 is 2.32. The van der Waals surface area contributed by atoms with Gasteiger partial charge in [0.2, 0.25) is 5.91 Å². The molecule has 0 N–H and O–H groups in total. The largest absolute Gasteiger partial charge is 0.458 e. The number of ether oxygens (including phenoxy) is 1. The first kappa shape index (κ1) is 19.9. The average Bonchev–Trinajstić information content (AvgIpc) is 2.96. The highest BCUT2D eigenvalue weighted by Gasteiger charge is 2.41. The normalized spacial score (nSPS) is 20.9. The van der Waals surface area contributed by atoms with Crippen molar-refractivity contribution in [3.63, 3.8) is 0 Å². The van der Waals surface area contributed by atoms with Gasteiger partial charge in [-0.25, -0.2) is 4.79 Å². The number of nitrogens with zero attached hydrogens (tertiary/aromatic N) is 1. The molecule has 0 radical (unpaired) electrons. The van der Waals surface area contributed by atoms with Crippen LogP contribution in [0.4, 0.5) is 0 Å². The zero-order chi connectivity index (χ0) is 18.4. The Balaban J connectivity index is 2.16. The van der Waals surface area contributed by atoms with Crippen LogP contribution in [0.1, 0.15) is 45.6 Å². The Morgan fingerprint density at radius 2 is 1.92 bits per heavy atom. The highest BCUT2D eigenvalue weighted by Crippen LogP contribution is 2.29. The van der Waals surface area contributed by atoms with Gasteiger partial charge in [0.1, 0.15) is 11.6 Å². The maximum absolute atomic E-state index is 12.8. The molecule has 5 heteroatoms. The highest BCUT2D eigenvalue weighted by molar-refractivity contribution is 14.1. The molecule has 0 bridgehead atoms. The predicted octanol–water partition coefficient (Wildman–Crippen LogP) is 4.23. The minimum absolute atomic E-state index is 0.0994. The Labute approximate surface area is 163 Å². The summed E-state index contributed by atoms with van der Waals surface area (Å²) in [6.45, 7) is 5.55. The van der Waals surface area contributed by atoms with Gasteiger partial charge in [-0.3, -0.25) is 4.79 Å². The minimum atomic E-state index is -0.549. The number of alkyl halides is 1. The lowest BCUT2D eigenvalue weighted by Crippen LogP contribution is -2.46. The number of carbonyl (C=O) groups is 2. The summed E-state index contributed by atoms with van der Waals surface area (Å²) in [5, 5.41) is 0. The molecule has 1 aromatic rings. The fourth-order valence-corrected chi connectivity index (χ4v) is 3.76. The second kappa shape index (κ2) is 8.83. The van der Waals surface area contributed by atoms with Gasteiger partial charge in [0, 0.05) is 16.5 Å². The van der Waals surface area contributed by atoms with Crippen molar-refractivity contribution in [3.8, 4) is 0 Å². The quantitative estimate of drug-likeness (QED) is 0.289. The van der Waals surface area contributed by atoms with E-state index in [2.05, 4.69) is 22.6 Å². The SMILES string of the molecule is CC(C)(C)OC(=O)[C@@H]1CC[C@H](CCI)N1C(=O)C=Cc1ccccc1. The van der Waals surface area contributed by atoms with Crippen LogP contribution in [0, 0.1) is 0 Å².